The summed E-state index contributed by atoms with van der Waals surface area (Å²) in [5, 5.41) is 20.7. The molecule has 1 atom stereocenters. The molecule has 0 spiro atoms. The van der Waals surface area contributed by atoms with E-state index in [1.54, 1.807) is 0 Å². The summed E-state index contributed by atoms with van der Waals surface area (Å²) in [5.41, 5.74) is 3.19. The molecule has 3 aromatic carbocycles. The molecular weight excluding hydrogens is 442 g/mol. The summed E-state index contributed by atoms with van der Waals surface area (Å²) in [6.45, 7) is 0.673. The topological polar surface area (TPSA) is 60.2 Å². The fourth-order valence-corrected chi connectivity index (χ4v) is 4.24. The minimum Gasteiger partial charge on any atom is -0.390 e. The third-order valence-corrected chi connectivity index (χ3v) is 6.14. The first-order chi connectivity index (χ1) is 15.7. The summed E-state index contributed by atoms with van der Waals surface area (Å²) < 4.78 is 7.71. The number of rotatable bonds is 10. The molecule has 0 aliphatic heterocycles. The van der Waals surface area contributed by atoms with Gasteiger partial charge in [0, 0.05) is 22.9 Å². The summed E-state index contributed by atoms with van der Waals surface area (Å²) in [6, 6.07) is 27.8. The third kappa shape index (κ3) is 6.20. The molecule has 32 heavy (non-hydrogen) atoms. The van der Waals surface area contributed by atoms with Gasteiger partial charge in [-0.1, -0.05) is 84.0 Å². The Bertz CT molecular complexity index is 1110. The lowest BCUT2D eigenvalue weighted by atomic mass is 10.1. The molecule has 0 aliphatic carbocycles. The van der Waals surface area contributed by atoms with Gasteiger partial charge >= 0.3 is 0 Å². The van der Waals surface area contributed by atoms with Gasteiger partial charge in [0.2, 0.25) is 0 Å². The number of aliphatic hydroxyl groups excluding tert-OH is 1. The van der Waals surface area contributed by atoms with E-state index < -0.39 is 6.10 Å². The average Bonchev–Trinajstić information content (AvgIpc) is 3.22. The van der Waals surface area contributed by atoms with Crippen LogP contribution < -0.4 is 0 Å². The lowest BCUT2D eigenvalue weighted by Crippen LogP contribution is -2.18. The first-order valence-electron chi connectivity index (χ1n) is 10.4. The molecular formula is C25H24ClN3O2S. The van der Waals surface area contributed by atoms with E-state index in [1.165, 1.54) is 17.3 Å². The Morgan fingerprint density at radius 2 is 1.56 bits per heavy atom. The van der Waals surface area contributed by atoms with Gasteiger partial charge in [-0.25, -0.2) is 0 Å². The molecule has 0 amide bonds. The van der Waals surface area contributed by atoms with Gasteiger partial charge in [-0.05, 0) is 35.4 Å². The molecule has 4 aromatic rings. The predicted molar refractivity (Wildman–Crippen MR) is 128 cm³/mol. The van der Waals surface area contributed by atoms with Crippen molar-refractivity contribution in [3.63, 3.8) is 0 Å². The zero-order chi connectivity index (χ0) is 22.2. The Labute approximate surface area is 197 Å². The molecule has 0 saturated carbocycles. The van der Waals surface area contributed by atoms with Crippen LogP contribution in [-0.2, 0) is 17.8 Å². The first kappa shape index (κ1) is 22.6. The molecule has 0 radical (unpaired) electrons. The minimum atomic E-state index is -0.620. The molecule has 0 fully saturated rings. The van der Waals surface area contributed by atoms with Crippen molar-refractivity contribution in [2.75, 3.05) is 12.4 Å². The summed E-state index contributed by atoms with van der Waals surface area (Å²) >= 11 is 7.37. The predicted octanol–water partition coefficient (Wildman–Crippen LogP) is 5.18. The van der Waals surface area contributed by atoms with E-state index in [0.717, 1.165) is 22.2 Å². The molecule has 1 heterocycles. The van der Waals surface area contributed by atoms with Crippen LogP contribution in [0.15, 0.2) is 90.1 Å². The second-order valence-electron chi connectivity index (χ2n) is 7.34. The summed E-state index contributed by atoms with van der Waals surface area (Å²) in [5.74, 6) is 1.31. The monoisotopic (exact) mass is 465 g/mol. The van der Waals surface area contributed by atoms with Crippen molar-refractivity contribution in [1.29, 1.82) is 0 Å². The van der Waals surface area contributed by atoms with E-state index in [9.17, 15) is 5.11 Å². The molecule has 1 aromatic heterocycles. The van der Waals surface area contributed by atoms with Gasteiger partial charge in [0.05, 0.1) is 19.3 Å². The van der Waals surface area contributed by atoms with Crippen LogP contribution in [0, 0.1) is 0 Å². The van der Waals surface area contributed by atoms with Gasteiger partial charge in [-0.3, -0.25) is 4.57 Å². The van der Waals surface area contributed by atoms with E-state index in [4.69, 9.17) is 16.3 Å². The molecule has 0 saturated heterocycles. The fraction of sp³-hybridized carbons (Fsp3) is 0.200. The molecule has 1 N–H and O–H groups in total. The number of aliphatic hydroxyl groups is 1. The maximum Gasteiger partial charge on any atom is 0.195 e. The second kappa shape index (κ2) is 11.3. The van der Waals surface area contributed by atoms with Crippen LogP contribution in [0.4, 0.5) is 0 Å². The van der Waals surface area contributed by atoms with E-state index in [2.05, 4.69) is 26.9 Å². The quantitative estimate of drug-likeness (QED) is 0.327. The van der Waals surface area contributed by atoms with Gasteiger partial charge in [0.15, 0.2) is 5.16 Å². The highest BCUT2D eigenvalue weighted by molar-refractivity contribution is 7.99. The lowest BCUT2D eigenvalue weighted by Gasteiger charge is -2.13. The standard InChI is InChI=1S/C25H24ClN3O2S/c26-21-13-11-20(12-14-21)16-31-17-23(30)18-32-25-28-27-24(15-19-7-3-1-4-8-19)29(25)22-9-5-2-6-10-22/h1-14,23,30H,15-18H2. The largest absolute Gasteiger partial charge is 0.390 e. The second-order valence-corrected chi connectivity index (χ2v) is 8.76. The summed E-state index contributed by atoms with van der Waals surface area (Å²) in [7, 11) is 0. The van der Waals surface area contributed by atoms with Crippen molar-refractivity contribution >= 4 is 23.4 Å². The Kier molecular flexibility index (Phi) is 7.96. The highest BCUT2D eigenvalue weighted by Crippen LogP contribution is 2.24. The number of halogens is 1. The van der Waals surface area contributed by atoms with Crippen molar-refractivity contribution in [3.8, 4) is 5.69 Å². The SMILES string of the molecule is OC(COCc1ccc(Cl)cc1)CSc1nnc(Cc2ccccc2)n1-c1ccccc1. The minimum absolute atomic E-state index is 0.242. The van der Waals surface area contributed by atoms with Crippen LogP contribution in [0.1, 0.15) is 17.0 Å². The van der Waals surface area contributed by atoms with E-state index >= 15 is 0 Å². The molecule has 0 bridgehead atoms. The zero-order valence-corrected chi connectivity index (χ0v) is 19.0. The molecule has 7 heteroatoms. The third-order valence-electron chi connectivity index (χ3n) is 4.82. The number of nitrogens with zero attached hydrogens (tertiary/aromatic N) is 3. The summed E-state index contributed by atoms with van der Waals surface area (Å²) in [4.78, 5) is 0. The van der Waals surface area contributed by atoms with Gasteiger partial charge in [-0.15, -0.1) is 10.2 Å². The van der Waals surface area contributed by atoms with Crippen molar-refractivity contribution in [3.05, 3.63) is 107 Å². The van der Waals surface area contributed by atoms with Gasteiger partial charge in [0.1, 0.15) is 5.82 Å². The Morgan fingerprint density at radius 3 is 2.28 bits per heavy atom. The van der Waals surface area contributed by atoms with Crippen molar-refractivity contribution in [2.24, 2.45) is 0 Å². The number of ether oxygens (including phenoxy) is 1. The number of hydrogen-bond acceptors (Lipinski definition) is 5. The maximum absolute atomic E-state index is 10.4. The number of hydrogen-bond donors (Lipinski definition) is 1. The summed E-state index contributed by atoms with van der Waals surface area (Å²) in [6.07, 6.45) is 0.0570. The molecule has 5 nitrogen and oxygen atoms in total. The number of para-hydroxylation sites is 1. The van der Waals surface area contributed by atoms with Crippen molar-refractivity contribution in [1.82, 2.24) is 14.8 Å². The maximum atomic E-state index is 10.4. The van der Waals surface area contributed by atoms with Crippen molar-refractivity contribution in [2.45, 2.75) is 24.3 Å². The Hall–Kier alpha value is -2.64. The zero-order valence-electron chi connectivity index (χ0n) is 17.5. The van der Waals surface area contributed by atoms with E-state index in [-0.39, 0.29) is 6.61 Å². The highest BCUT2D eigenvalue weighted by atomic mass is 35.5. The van der Waals surface area contributed by atoms with Gasteiger partial charge < -0.3 is 9.84 Å². The van der Waals surface area contributed by atoms with Crippen LogP contribution in [0.3, 0.4) is 0 Å². The molecule has 4 rings (SSSR count). The van der Waals surface area contributed by atoms with E-state index in [0.29, 0.717) is 23.8 Å². The average molecular weight is 466 g/mol. The van der Waals surface area contributed by atoms with Crippen LogP contribution >= 0.6 is 23.4 Å². The molecule has 164 valence electrons. The van der Waals surface area contributed by atoms with Crippen LogP contribution in [0.25, 0.3) is 5.69 Å². The van der Waals surface area contributed by atoms with Gasteiger partial charge in [-0.2, -0.15) is 0 Å². The van der Waals surface area contributed by atoms with Gasteiger partial charge in [0.25, 0.3) is 0 Å². The van der Waals surface area contributed by atoms with Crippen molar-refractivity contribution < 1.29 is 9.84 Å². The van der Waals surface area contributed by atoms with E-state index in [1.807, 2.05) is 72.8 Å². The van der Waals surface area contributed by atoms with Crippen LogP contribution in [0.2, 0.25) is 5.02 Å². The van der Waals surface area contributed by atoms with Crippen LogP contribution in [-0.4, -0.2) is 38.3 Å². The Balaban J connectivity index is 1.39. The Morgan fingerprint density at radius 1 is 0.875 bits per heavy atom. The van der Waals surface area contributed by atoms with Crippen LogP contribution in [0.5, 0.6) is 0 Å². The number of thioether (sulfide) groups is 1. The lowest BCUT2D eigenvalue weighted by molar-refractivity contribution is 0.0398. The normalized spacial score (nSPS) is 12.1. The highest BCUT2D eigenvalue weighted by Gasteiger charge is 2.16. The first-order valence-corrected chi connectivity index (χ1v) is 11.7. The molecule has 1 unspecified atom stereocenters. The number of aromatic nitrogens is 3. The number of benzene rings is 3. The smallest absolute Gasteiger partial charge is 0.195 e. The molecule has 0 aliphatic rings. The fourth-order valence-electron chi connectivity index (χ4n) is 3.24.